The number of amides is 1. The van der Waals surface area contributed by atoms with E-state index in [9.17, 15) is 4.79 Å². The van der Waals surface area contributed by atoms with Gasteiger partial charge in [-0.25, -0.2) is 4.98 Å². The fourth-order valence-electron chi connectivity index (χ4n) is 2.88. The van der Waals surface area contributed by atoms with Gasteiger partial charge in [0.25, 0.3) is 5.91 Å². The lowest BCUT2D eigenvalue weighted by atomic mass is 10.2. The van der Waals surface area contributed by atoms with Crippen LogP contribution in [0.3, 0.4) is 0 Å². The number of aryl methyl sites for hydroxylation is 1. The smallest absolute Gasteiger partial charge is 0.265 e. The van der Waals surface area contributed by atoms with E-state index >= 15 is 0 Å². The Morgan fingerprint density at radius 3 is 2.57 bits per heavy atom. The topological polar surface area (TPSA) is 64.4 Å². The van der Waals surface area contributed by atoms with E-state index in [2.05, 4.69) is 10.3 Å². The third-order valence-electron chi connectivity index (χ3n) is 4.36. The van der Waals surface area contributed by atoms with Gasteiger partial charge in [0.1, 0.15) is 11.3 Å². The van der Waals surface area contributed by atoms with Gasteiger partial charge in [0, 0.05) is 11.3 Å². The van der Waals surface area contributed by atoms with Gasteiger partial charge >= 0.3 is 0 Å². The summed E-state index contributed by atoms with van der Waals surface area (Å²) in [5.74, 6) is 1.01. The molecule has 1 amide bonds. The second-order valence-electron chi connectivity index (χ2n) is 6.63. The first-order chi connectivity index (χ1) is 13.6. The highest BCUT2D eigenvalue weighted by Gasteiger charge is 2.15. The SMILES string of the molecule is Cc1cccc(O[C@H](C)C(=O)Nc2ccc(-c3nc4ccccc4o3)cc2)c1. The Hall–Kier alpha value is -3.60. The molecular weight excluding hydrogens is 352 g/mol. The standard InChI is InChI=1S/C23H20N2O3/c1-15-6-5-7-19(14-15)27-16(2)22(26)24-18-12-10-17(11-13-18)23-25-20-8-3-4-9-21(20)28-23/h3-14,16H,1-2H3,(H,24,26)/t16-/m1/s1. The number of aromatic nitrogens is 1. The highest BCUT2D eigenvalue weighted by molar-refractivity contribution is 5.94. The third-order valence-corrected chi connectivity index (χ3v) is 4.36. The summed E-state index contributed by atoms with van der Waals surface area (Å²) in [4.78, 5) is 16.9. The minimum Gasteiger partial charge on any atom is -0.481 e. The number of carbonyl (C=O) groups is 1. The molecule has 0 saturated heterocycles. The first-order valence-corrected chi connectivity index (χ1v) is 9.09. The van der Waals surface area contributed by atoms with Crippen LogP contribution in [0.25, 0.3) is 22.6 Å². The molecular formula is C23H20N2O3. The van der Waals surface area contributed by atoms with E-state index in [4.69, 9.17) is 9.15 Å². The van der Waals surface area contributed by atoms with Crippen LogP contribution in [0, 0.1) is 6.92 Å². The van der Waals surface area contributed by atoms with Gasteiger partial charge in [-0.1, -0.05) is 24.3 Å². The molecule has 4 aromatic rings. The number of oxazole rings is 1. The van der Waals surface area contributed by atoms with Crippen LogP contribution in [0.15, 0.2) is 77.2 Å². The van der Waals surface area contributed by atoms with Gasteiger partial charge in [-0.2, -0.15) is 0 Å². The average molecular weight is 372 g/mol. The van der Waals surface area contributed by atoms with Crippen molar-refractivity contribution in [3.05, 3.63) is 78.4 Å². The number of hydrogen-bond acceptors (Lipinski definition) is 4. The van der Waals surface area contributed by atoms with Crippen LogP contribution in [0.5, 0.6) is 5.75 Å². The lowest BCUT2D eigenvalue weighted by Gasteiger charge is -2.15. The van der Waals surface area contributed by atoms with E-state index in [1.54, 1.807) is 6.92 Å². The monoisotopic (exact) mass is 372 g/mol. The summed E-state index contributed by atoms with van der Waals surface area (Å²) in [6.07, 6.45) is -0.612. The van der Waals surface area contributed by atoms with E-state index in [1.165, 1.54) is 0 Å². The molecule has 140 valence electrons. The van der Waals surface area contributed by atoms with Gasteiger partial charge < -0.3 is 14.5 Å². The second-order valence-corrected chi connectivity index (χ2v) is 6.63. The highest BCUT2D eigenvalue weighted by Crippen LogP contribution is 2.25. The summed E-state index contributed by atoms with van der Waals surface area (Å²) in [6, 6.07) is 22.6. The molecule has 3 aromatic carbocycles. The summed E-state index contributed by atoms with van der Waals surface area (Å²) >= 11 is 0. The van der Waals surface area contributed by atoms with E-state index in [0.29, 0.717) is 17.3 Å². The summed E-state index contributed by atoms with van der Waals surface area (Å²) in [6.45, 7) is 3.71. The van der Waals surface area contributed by atoms with Crippen LogP contribution >= 0.6 is 0 Å². The number of nitrogens with one attached hydrogen (secondary N) is 1. The van der Waals surface area contributed by atoms with E-state index in [-0.39, 0.29) is 5.91 Å². The summed E-state index contributed by atoms with van der Waals surface area (Å²) in [5.41, 5.74) is 4.18. The minimum absolute atomic E-state index is 0.212. The molecule has 5 nitrogen and oxygen atoms in total. The number of anilines is 1. The third kappa shape index (κ3) is 3.88. The average Bonchev–Trinajstić information content (AvgIpc) is 3.13. The summed E-state index contributed by atoms with van der Waals surface area (Å²) in [5, 5.41) is 2.87. The zero-order valence-corrected chi connectivity index (χ0v) is 15.7. The number of fused-ring (bicyclic) bond motifs is 1. The molecule has 1 N–H and O–H groups in total. The lowest BCUT2D eigenvalue weighted by molar-refractivity contribution is -0.122. The Kier molecular flexibility index (Phi) is 4.81. The summed E-state index contributed by atoms with van der Waals surface area (Å²) < 4.78 is 11.5. The Morgan fingerprint density at radius 2 is 1.82 bits per heavy atom. The maximum Gasteiger partial charge on any atom is 0.265 e. The van der Waals surface area contributed by atoms with Crippen molar-refractivity contribution in [2.24, 2.45) is 0 Å². The van der Waals surface area contributed by atoms with Crippen molar-refractivity contribution < 1.29 is 13.9 Å². The largest absolute Gasteiger partial charge is 0.481 e. The molecule has 0 bridgehead atoms. The first-order valence-electron chi connectivity index (χ1n) is 9.09. The number of rotatable bonds is 5. The number of nitrogens with zero attached hydrogens (tertiary/aromatic N) is 1. The van der Waals surface area contributed by atoms with Gasteiger partial charge in [-0.15, -0.1) is 0 Å². The van der Waals surface area contributed by atoms with Crippen molar-refractivity contribution in [3.8, 4) is 17.2 Å². The van der Waals surface area contributed by atoms with Crippen LogP contribution < -0.4 is 10.1 Å². The van der Waals surface area contributed by atoms with Gasteiger partial charge in [0.05, 0.1) is 0 Å². The molecule has 1 aromatic heterocycles. The van der Waals surface area contributed by atoms with Gasteiger partial charge in [0.2, 0.25) is 5.89 Å². The normalized spacial score (nSPS) is 11.9. The number of para-hydroxylation sites is 2. The van der Waals surface area contributed by atoms with Crippen molar-refractivity contribution in [2.45, 2.75) is 20.0 Å². The second kappa shape index (κ2) is 7.56. The van der Waals surface area contributed by atoms with Crippen LogP contribution in [0.1, 0.15) is 12.5 Å². The van der Waals surface area contributed by atoms with Crippen LogP contribution in [0.4, 0.5) is 5.69 Å². The van der Waals surface area contributed by atoms with Crippen molar-refractivity contribution in [1.82, 2.24) is 4.98 Å². The molecule has 1 atom stereocenters. The maximum absolute atomic E-state index is 12.4. The predicted molar refractivity (Wildman–Crippen MR) is 109 cm³/mol. The van der Waals surface area contributed by atoms with Crippen molar-refractivity contribution in [2.75, 3.05) is 5.32 Å². The Bertz CT molecular complexity index is 1080. The zero-order valence-electron chi connectivity index (χ0n) is 15.7. The molecule has 0 saturated carbocycles. The zero-order chi connectivity index (χ0) is 19.5. The maximum atomic E-state index is 12.4. The number of benzene rings is 3. The van der Waals surface area contributed by atoms with Crippen molar-refractivity contribution in [3.63, 3.8) is 0 Å². The molecule has 0 aliphatic carbocycles. The number of ether oxygens (including phenoxy) is 1. The fourth-order valence-corrected chi connectivity index (χ4v) is 2.88. The molecule has 0 aliphatic rings. The van der Waals surface area contributed by atoms with E-state index in [1.807, 2.05) is 79.7 Å². The lowest BCUT2D eigenvalue weighted by Crippen LogP contribution is -2.30. The molecule has 0 unspecified atom stereocenters. The predicted octanol–water partition coefficient (Wildman–Crippen LogP) is 5.21. The minimum atomic E-state index is -0.612. The molecule has 0 aliphatic heterocycles. The van der Waals surface area contributed by atoms with Crippen LogP contribution in [0.2, 0.25) is 0 Å². The summed E-state index contributed by atoms with van der Waals surface area (Å²) in [7, 11) is 0. The molecule has 0 fully saturated rings. The quantitative estimate of drug-likeness (QED) is 0.522. The van der Waals surface area contributed by atoms with E-state index < -0.39 is 6.10 Å². The molecule has 5 heteroatoms. The Labute approximate surface area is 163 Å². The van der Waals surface area contributed by atoms with Gasteiger partial charge in [0.15, 0.2) is 11.7 Å². The first kappa shape index (κ1) is 17.8. The van der Waals surface area contributed by atoms with Gasteiger partial charge in [-0.05, 0) is 67.9 Å². The molecule has 4 rings (SSSR count). The Balaban J connectivity index is 1.43. The molecule has 28 heavy (non-hydrogen) atoms. The molecule has 0 radical (unpaired) electrons. The van der Waals surface area contributed by atoms with E-state index in [0.717, 1.165) is 22.2 Å². The Morgan fingerprint density at radius 1 is 1.04 bits per heavy atom. The van der Waals surface area contributed by atoms with Gasteiger partial charge in [-0.3, -0.25) is 4.79 Å². The molecule has 1 heterocycles. The highest BCUT2D eigenvalue weighted by atomic mass is 16.5. The fraction of sp³-hybridized carbons (Fsp3) is 0.130. The van der Waals surface area contributed by atoms with Crippen LogP contribution in [-0.2, 0) is 4.79 Å². The van der Waals surface area contributed by atoms with Crippen molar-refractivity contribution >= 4 is 22.7 Å². The molecule has 0 spiro atoms. The van der Waals surface area contributed by atoms with Crippen LogP contribution in [-0.4, -0.2) is 17.0 Å². The number of hydrogen-bond donors (Lipinski definition) is 1. The number of carbonyl (C=O) groups excluding carboxylic acids is 1. The van der Waals surface area contributed by atoms with Crippen molar-refractivity contribution in [1.29, 1.82) is 0 Å².